The third-order valence-corrected chi connectivity index (χ3v) is 2.19. The molecule has 2 heteroatoms. The number of carbonyl (C=O) groups is 1. The molecule has 2 aromatic rings. The van der Waals surface area contributed by atoms with Gasteiger partial charge in [0.25, 0.3) is 0 Å². The molecule has 0 N–H and O–H groups in total. The summed E-state index contributed by atoms with van der Waals surface area (Å²) >= 11 is 0. The molecule has 0 fully saturated rings. The van der Waals surface area contributed by atoms with E-state index < -0.39 is 0 Å². The number of hydrogen-bond donors (Lipinski definition) is 0. The molecule has 0 amide bonds. The topological polar surface area (TPSA) is 22.0 Å². The van der Waals surface area contributed by atoms with Crippen LogP contribution >= 0.6 is 0 Å². The first-order valence-corrected chi connectivity index (χ1v) is 4.17. The number of carbonyl (C=O) groups excluding carboxylic acids is 1. The van der Waals surface area contributed by atoms with E-state index in [0.717, 1.165) is 16.5 Å². The van der Waals surface area contributed by atoms with Gasteiger partial charge in [0.15, 0.2) is 5.78 Å². The van der Waals surface area contributed by atoms with Crippen molar-refractivity contribution >= 4 is 16.7 Å². The van der Waals surface area contributed by atoms with Gasteiger partial charge in [-0.25, -0.2) is 0 Å². The van der Waals surface area contributed by atoms with Crippen molar-refractivity contribution in [1.29, 1.82) is 0 Å². The fourth-order valence-electron chi connectivity index (χ4n) is 1.53. The van der Waals surface area contributed by atoms with Crippen molar-refractivity contribution < 1.29 is 4.79 Å². The number of aryl methyl sites for hydroxylation is 1. The number of fused-ring (bicyclic) bond motifs is 1. The van der Waals surface area contributed by atoms with Crippen molar-refractivity contribution in [3.8, 4) is 0 Å². The largest absolute Gasteiger partial charge is 0.350 e. The number of rotatable bonds is 1. The van der Waals surface area contributed by atoms with Crippen LogP contribution in [-0.2, 0) is 7.05 Å². The molecule has 0 saturated carbocycles. The molecule has 2 nitrogen and oxygen atoms in total. The molecule has 65 valence electrons. The van der Waals surface area contributed by atoms with Gasteiger partial charge in [-0.1, -0.05) is 12.1 Å². The maximum absolute atomic E-state index is 11.2. The maximum atomic E-state index is 11.2. The molecule has 1 heterocycles. The Balaban J connectivity index is 2.85. The zero-order valence-corrected chi connectivity index (χ0v) is 7.66. The average molecular weight is 172 g/mol. The highest BCUT2D eigenvalue weighted by molar-refractivity contribution is 6.06. The summed E-state index contributed by atoms with van der Waals surface area (Å²) in [5.74, 6) is 0.0908. The maximum Gasteiger partial charge on any atom is 0.161 e. The summed E-state index contributed by atoms with van der Waals surface area (Å²) < 4.78 is 1.95. The third-order valence-electron chi connectivity index (χ3n) is 2.19. The van der Waals surface area contributed by atoms with Crippen LogP contribution in [0.4, 0.5) is 0 Å². The second-order valence-corrected chi connectivity index (χ2v) is 3.14. The Bertz CT molecular complexity index is 468. The molecule has 1 radical (unpaired) electrons. The van der Waals surface area contributed by atoms with Crippen molar-refractivity contribution in [2.24, 2.45) is 7.05 Å². The average Bonchev–Trinajstić information content (AvgIpc) is 2.45. The molecular weight excluding hydrogens is 162 g/mol. The van der Waals surface area contributed by atoms with E-state index in [0.29, 0.717) is 0 Å². The van der Waals surface area contributed by atoms with Crippen LogP contribution < -0.4 is 0 Å². The molecule has 0 saturated heterocycles. The lowest BCUT2D eigenvalue weighted by molar-refractivity contribution is 0.101. The van der Waals surface area contributed by atoms with Gasteiger partial charge in [0.2, 0.25) is 0 Å². The van der Waals surface area contributed by atoms with E-state index in [1.54, 1.807) is 6.92 Å². The van der Waals surface area contributed by atoms with Gasteiger partial charge >= 0.3 is 0 Å². The molecule has 0 atom stereocenters. The van der Waals surface area contributed by atoms with E-state index in [9.17, 15) is 4.79 Å². The molecule has 0 aliphatic rings. The first kappa shape index (κ1) is 8.05. The predicted molar refractivity (Wildman–Crippen MR) is 51.8 cm³/mol. The van der Waals surface area contributed by atoms with Gasteiger partial charge < -0.3 is 4.57 Å². The van der Waals surface area contributed by atoms with E-state index in [4.69, 9.17) is 0 Å². The van der Waals surface area contributed by atoms with Crippen molar-refractivity contribution in [2.75, 3.05) is 0 Å². The van der Waals surface area contributed by atoms with Gasteiger partial charge in [-0.05, 0) is 19.1 Å². The summed E-state index contributed by atoms with van der Waals surface area (Å²) in [6, 6.07) is 8.82. The van der Waals surface area contributed by atoms with Crippen LogP contribution in [0.3, 0.4) is 0 Å². The van der Waals surface area contributed by atoms with Gasteiger partial charge in [0.1, 0.15) is 0 Å². The van der Waals surface area contributed by atoms with Crippen LogP contribution in [0.5, 0.6) is 0 Å². The van der Waals surface area contributed by atoms with Crippen molar-refractivity contribution in [3.63, 3.8) is 0 Å². The van der Waals surface area contributed by atoms with Gasteiger partial charge in [0.05, 0.1) is 0 Å². The number of aromatic nitrogens is 1. The molecule has 2 rings (SSSR count). The third kappa shape index (κ3) is 1.15. The van der Waals surface area contributed by atoms with Gasteiger partial charge in [-0.3, -0.25) is 4.79 Å². The fourth-order valence-corrected chi connectivity index (χ4v) is 1.53. The minimum Gasteiger partial charge on any atom is -0.350 e. The minimum atomic E-state index is 0.0908. The lowest BCUT2D eigenvalue weighted by Gasteiger charge is -1.92. The van der Waals surface area contributed by atoms with Crippen molar-refractivity contribution in [3.05, 3.63) is 36.0 Å². The van der Waals surface area contributed by atoms with Crippen molar-refractivity contribution in [1.82, 2.24) is 4.57 Å². The highest BCUT2D eigenvalue weighted by Gasteiger charge is 2.08. The Labute approximate surface area is 76.8 Å². The number of benzene rings is 1. The van der Waals surface area contributed by atoms with E-state index in [2.05, 4.69) is 6.07 Å². The van der Waals surface area contributed by atoms with Crippen LogP contribution in [0.15, 0.2) is 24.4 Å². The molecule has 1 aromatic carbocycles. The predicted octanol–water partition coefficient (Wildman–Crippen LogP) is 2.18. The lowest BCUT2D eigenvalue weighted by Crippen LogP contribution is -1.89. The summed E-state index contributed by atoms with van der Waals surface area (Å²) in [6.07, 6.45) is 1.85. The van der Waals surface area contributed by atoms with Gasteiger partial charge in [0, 0.05) is 29.7 Å². The molecule has 0 spiro atoms. The molecule has 0 aliphatic carbocycles. The van der Waals surface area contributed by atoms with Crippen LogP contribution in [0, 0.1) is 6.07 Å². The van der Waals surface area contributed by atoms with E-state index in [-0.39, 0.29) is 5.78 Å². The molecular formula is C11H10NO. The second-order valence-electron chi connectivity index (χ2n) is 3.14. The Kier molecular flexibility index (Phi) is 1.69. The Hall–Kier alpha value is -1.57. The molecule has 0 bridgehead atoms. The summed E-state index contributed by atoms with van der Waals surface area (Å²) in [5, 5.41) is 0.914. The first-order chi connectivity index (χ1) is 6.20. The highest BCUT2D eigenvalue weighted by Crippen LogP contribution is 2.19. The normalized spacial score (nSPS) is 10.6. The SMILES string of the molecule is CC(=O)c1cn(C)c2ccc[c]c12. The monoisotopic (exact) mass is 172 g/mol. The number of hydrogen-bond acceptors (Lipinski definition) is 1. The number of ketones is 1. The lowest BCUT2D eigenvalue weighted by atomic mass is 10.1. The zero-order valence-electron chi connectivity index (χ0n) is 7.66. The Morgan fingerprint density at radius 1 is 1.54 bits per heavy atom. The van der Waals surface area contributed by atoms with Gasteiger partial charge in [-0.15, -0.1) is 0 Å². The molecule has 0 unspecified atom stereocenters. The van der Waals surface area contributed by atoms with Crippen molar-refractivity contribution in [2.45, 2.75) is 6.92 Å². The zero-order chi connectivity index (χ0) is 9.42. The fraction of sp³-hybridized carbons (Fsp3) is 0.182. The van der Waals surface area contributed by atoms with Crippen LogP contribution in [0.2, 0.25) is 0 Å². The standard InChI is InChI=1S/C11H10NO/c1-8(13)10-7-12(2)11-6-4-3-5-9(10)11/h3-4,6-7H,1-2H3. The minimum absolute atomic E-state index is 0.0908. The number of nitrogens with zero attached hydrogens (tertiary/aromatic N) is 1. The first-order valence-electron chi connectivity index (χ1n) is 4.17. The van der Waals surface area contributed by atoms with Crippen LogP contribution in [0.25, 0.3) is 10.9 Å². The summed E-state index contributed by atoms with van der Waals surface area (Å²) in [6.45, 7) is 1.58. The summed E-state index contributed by atoms with van der Waals surface area (Å²) in [7, 11) is 1.93. The Morgan fingerprint density at radius 3 is 3.00 bits per heavy atom. The smallest absolute Gasteiger partial charge is 0.161 e. The molecule has 1 aromatic heterocycles. The summed E-state index contributed by atoms with van der Waals surface area (Å²) in [5.41, 5.74) is 1.80. The Morgan fingerprint density at radius 2 is 2.31 bits per heavy atom. The second kappa shape index (κ2) is 2.73. The van der Waals surface area contributed by atoms with Gasteiger partial charge in [-0.2, -0.15) is 0 Å². The van der Waals surface area contributed by atoms with Crippen LogP contribution in [-0.4, -0.2) is 10.4 Å². The quantitative estimate of drug-likeness (QED) is 0.604. The summed E-state index contributed by atoms with van der Waals surface area (Å²) in [4.78, 5) is 11.2. The van der Waals surface area contributed by atoms with E-state index in [1.807, 2.05) is 36.0 Å². The number of Topliss-reactive ketones (excluding diaryl/α,β-unsaturated/α-hetero) is 1. The van der Waals surface area contributed by atoms with E-state index in [1.165, 1.54) is 0 Å². The van der Waals surface area contributed by atoms with E-state index >= 15 is 0 Å². The van der Waals surface area contributed by atoms with Crippen LogP contribution in [0.1, 0.15) is 17.3 Å². The molecule has 13 heavy (non-hydrogen) atoms. The highest BCUT2D eigenvalue weighted by atomic mass is 16.1. The molecule has 0 aliphatic heterocycles.